The van der Waals surface area contributed by atoms with Crippen LogP contribution in [0.5, 0.6) is 0 Å². The molecule has 1 unspecified atom stereocenters. The van der Waals surface area contributed by atoms with Gasteiger partial charge in [0.1, 0.15) is 12.2 Å². The van der Waals surface area contributed by atoms with Crippen LogP contribution in [0.25, 0.3) is 0 Å². The van der Waals surface area contributed by atoms with Crippen LogP contribution in [-0.2, 0) is 13.6 Å². The Kier molecular flexibility index (Phi) is 10.4. The summed E-state index contributed by atoms with van der Waals surface area (Å²) < 4.78 is 1.75. The molecule has 1 heterocycles. The second-order valence-electron chi connectivity index (χ2n) is 4.77. The number of aryl methyl sites for hydroxylation is 1. The average Bonchev–Trinajstić information content (AvgIpc) is 2.80. The van der Waals surface area contributed by atoms with Crippen molar-refractivity contribution in [1.29, 1.82) is 0 Å². The van der Waals surface area contributed by atoms with Gasteiger partial charge in [0.2, 0.25) is 0 Å². The smallest absolute Gasteiger partial charge is 0.191 e. The van der Waals surface area contributed by atoms with Crippen LogP contribution in [0.15, 0.2) is 11.3 Å². The van der Waals surface area contributed by atoms with E-state index < -0.39 is 0 Å². The number of hydrogen-bond acceptors (Lipinski definition) is 3. The highest BCUT2D eigenvalue weighted by molar-refractivity contribution is 14.0. The first-order valence-electron chi connectivity index (χ1n) is 6.97. The van der Waals surface area contributed by atoms with E-state index in [2.05, 4.69) is 39.6 Å². The molecule has 20 heavy (non-hydrogen) atoms. The summed E-state index contributed by atoms with van der Waals surface area (Å²) in [7, 11) is 3.67. The monoisotopic (exact) mass is 394 g/mol. The van der Waals surface area contributed by atoms with E-state index in [0.29, 0.717) is 12.6 Å². The van der Waals surface area contributed by atoms with Gasteiger partial charge in [0.05, 0.1) is 6.54 Å². The second kappa shape index (κ2) is 10.9. The maximum absolute atomic E-state index is 4.22. The van der Waals surface area contributed by atoms with Crippen molar-refractivity contribution in [3.05, 3.63) is 12.2 Å². The molecule has 116 valence electrons. The number of halogens is 1. The van der Waals surface area contributed by atoms with Crippen LogP contribution < -0.4 is 10.6 Å². The van der Waals surface area contributed by atoms with Gasteiger partial charge < -0.3 is 10.6 Å². The van der Waals surface area contributed by atoms with E-state index in [1.54, 1.807) is 18.1 Å². The maximum atomic E-state index is 4.22. The van der Waals surface area contributed by atoms with Crippen LogP contribution in [0, 0.1) is 0 Å². The summed E-state index contributed by atoms with van der Waals surface area (Å²) >= 11 is 0. The fraction of sp³-hybridized carbons (Fsp3) is 0.769. The lowest BCUT2D eigenvalue weighted by molar-refractivity contribution is 0.545. The SMILES string of the molecule is CCCCCC(C)NC(=NC)NCc1ncnn1C.I. The van der Waals surface area contributed by atoms with Crippen molar-refractivity contribution in [2.24, 2.45) is 12.0 Å². The molecule has 6 nitrogen and oxygen atoms in total. The van der Waals surface area contributed by atoms with Gasteiger partial charge >= 0.3 is 0 Å². The zero-order chi connectivity index (χ0) is 14.1. The Morgan fingerprint density at radius 2 is 2.20 bits per heavy atom. The molecule has 0 aliphatic rings. The van der Waals surface area contributed by atoms with Crippen LogP contribution >= 0.6 is 24.0 Å². The third-order valence-corrected chi connectivity index (χ3v) is 3.07. The molecule has 1 aromatic rings. The van der Waals surface area contributed by atoms with Gasteiger partial charge in [-0.1, -0.05) is 26.2 Å². The maximum Gasteiger partial charge on any atom is 0.191 e. The number of nitrogens with zero attached hydrogens (tertiary/aromatic N) is 4. The van der Waals surface area contributed by atoms with E-state index in [9.17, 15) is 0 Å². The Bertz CT molecular complexity index is 390. The molecule has 1 aromatic heterocycles. The molecule has 0 aliphatic carbocycles. The molecular weight excluding hydrogens is 367 g/mol. The van der Waals surface area contributed by atoms with Gasteiger partial charge in [-0.25, -0.2) is 4.98 Å². The normalized spacial score (nSPS) is 12.7. The lowest BCUT2D eigenvalue weighted by atomic mass is 10.1. The van der Waals surface area contributed by atoms with Crippen molar-refractivity contribution in [1.82, 2.24) is 25.4 Å². The molecule has 1 atom stereocenters. The van der Waals surface area contributed by atoms with Crippen molar-refractivity contribution in [2.75, 3.05) is 7.05 Å². The lowest BCUT2D eigenvalue weighted by Crippen LogP contribution is -2.42. The summed E-state index contributed by atoms with van der Waals surface area (Å²) in [6, 6.07) is 0.428. The quantitative estimate of drug-likeness (QED) is 0.322. The van der Waals surface area contributed by atoms with E-state index in [4.69, 9.17) is 0 Å². The minimum Gasteiger partial charge on any atom is -0.354 e. The van der Waals surface area contributed by atoms with Crippen molar-refractivity contribution in [2.45, 2.75) is 52.1 Å². The van der Waals surface area contributed by atoms with Crippen LogP contribution in [-0.4, -0.2) is 33.8 Å². The van der Waals surface area contributed by atoms with E-state index in [0.717, 1.165) is 11.8 Å². The van der Waals surface area contributed by atoms with Crippen LogP contribution in [0.1, 0.15) is 45.4 Å². The summed E-state index contributed by atoms with van der Waals surface area (Å²) in [5.41, 5.74) is 0. The largest absolute Gasteiger partial charge is 0.354 e. The van der Waals surface area contributed by atoms with Crippen LogP contribution in [0.4, 0.5) is 0 Å². The highest BCUT2D eigenvalue weighted by Crippen LogP contribution is 2.02. The summed E-state index contributed by atoms with van der Waals surface area (Å²) in [4.78, 5) is 8.39. The van der Waals surface area contributed by atoms with Gasteiger partial charge in [0.25, 0.3) is 0 Å². The van der Waals surface area contributed by atoms with Crippen LogP contribution in [0.3, 0.4) is 0 Å². The average molecular weight is 394 g/mol. The minimum atomic E-state index is 0. The van der Waals surface area contributed by atoms with Crippen LogP contribution in [0.2, 0.25) is 0 Å². The van der Waals surface area contributed by atoms with Crippen molar-refractivity contribution in [3.8, 4) is 0 Å². The predicted octanol–water partition coefficient (Wildman–Crippen LogP) is 2.07. The molecule has 1 rings (SSSR count). The Balaban J connectivity index is 0.00000361. The van der Waals surface area contributed by atoms with Gasteiger partial charge in [0, 0.05) is 20.1 Å². The predicted molar refractivity (Wildman–Crippen MR) is 93.4 cm³/mol. The third-order valence-electron chi connectivity index (χ3n) is 3.07. The van der Waals surface area contributed by atoms with E-state index in [1.807, 2.05) is 7.05 Å². The number of rotatable bonds is 7. The van der Waals surface area contributed by atoms with Gasteiger partial charge in [0.15, 0.2) is 5.96 Å². The van der Waals surface area contributed by atoms with Gasteiger partial charge in [-0.05, 0) is 13.3 Å². The molecule has 0 radical (unpaired) electrons. The Labute approximate surface area is 138 Å². The molecular formula is C13H27IN6. The summed E-state index contributed by atoms with van der Waals surface area (Å²) in [5, 5.41) is 10.7. The van der Waals surface area contributed by atoms with Gasteiger partial charge in [-0.15, -0.1) is 24.0 Å². The van der Waals surface area contributed by atoms with E-state index >= 15 is 0 Å². The molecule has 0 aromatic carbocycles. The zero-order valence-electron chi connectivity index (χ0n) is 12.9. The molecule has 0 bridgehead atoms. The summed E-state index contributed by atoms with van der Waals surface area (Å²) in [5.74, 6) is 1.70. The van der Waals surface area contributed by atoms with E-state index in [-0.39, 0.29) is 24.0 Å². The molecule has 0 fully saturated rings. The number of aliphatic imine (C=N–C) groups is 1. The van der Waals surface area contributed by atoms with Crippen molar-refractivity contribution in [3.63, 3.8) is 0 Å². The van der Waals surface area contributed by atoms with Crippen molar-refractivity contribution >= 4 is 29.9 Å². The molecule has 0 amide bonds. The molecule has 0 spiro atoms. The van der Waals surface area contributed by atoms with Gasteiger partial charge in [-0.3, -0.25) is 9.67 Å². The van der Waals surface area contributed by atoms with Gasteiger partial charge in [-0.2, -0.15) is 5.10 Å². The molecule has 0 aliphatic heterocycles. The second-order valence-corrected chi connectivity index (χ2v) is 4.77. The first kappa shape index (κ1) is 19.1. The number of hydrogen-bond donors (Lipinski definition) is 2. The number of nitrogens with one attached hydrogen (secondary N) is 2. The van der Waals surface area contributed by atoms with E-state index in [1.165, 1.54) is 25.7 Å². The summed E-state index contributed by atoms with van der Waals surface area (Å²) in [6.07, 6.45) is 6.52. The Morgan fingerprint density at radius 3 is 2.75 bits per heavy atom. The summed E-state index contributed by atoms with van der Waals surface area (Å²) in [6.45, 7) is 5.03. The standard InChI is InChI=1S/C13H26N6.HI/c1-5-6-7-8-11(2)18-13(14-3)15-9-12-16-10-17-19(12)4;/h10-11H,5-9H2,1-4H3,(H2,14,15,18);1H. The molecule has 0 saturated carbocycles. The molecule has 2 N–H and O–H groups in total. The minimum absolute atomic E-state index is 0. The molecule has 0 saturated heterocycles. The highest BCUT2D eigenvalue weighted by Gasteiger charge is 2.06. The Hall–Kier alpha value is -0.860. The fourth-order valence-electron chi connectivity index (χ4n) is 1.84. The fourth-order valence-corrected chi connectivity index (χ4v) is 1.84. The van der Waals surface area contributed by atoms with Crippen molar-refractivity contribution < 1.29 is 0 Å². The Morgan fingerprint density at radius 1 is 1.45 bits per heavy atom. The lowest BCUT2D eigenvalue weighted by Gasteiger charge is -2.17. The highest BCUT2D eigenvalue weighted by atomic mass is 127. The first-order chi connectivity index (χ1) is 9.17. The first-order valence-corrected chi connectivity index (χ1v) is 6.97. The number of guanidine groups is 1. The number of unbranched alkanes of at least 4 members (excludes halogenated alkanes) is 2. The number of aromatic nitrogens is 3. The molecule has 7 heteroatoms. The third kappa shape index (κ3) is 7.06. The zero-order valence-corrected chi connectivity index (χ0v) is 15.2. The topological polar surface area (TPSA) is 67.1 Å².